The largest absolute Gasteiger partial charge is 0.347 e. The number of aromatic nitrogens is 4. The number of benzene rings is 2. The molecule has 1 amide bonds. The number of aryl methyl sites for hydroxylation is 2. The van der Waals surface area contributed by atoms with Crippen LogP contribution < -0.4 is 5.32 Å². The molecule has 0 atom stereocenters. The fraction of sp³-hybridized carbons (Fsp3) is 0.150. The van der Waals surface area contributed by atoms with Crippen molar-refractivity contribution in [3.63, 3.8) is 0 Å². The molecule has 0 aliphatic rings. The van der Waals surface area contributed by atoms with Crippen LogP contribution in [0.3, 0.4) is 0 Å². The van der Waals surface area contributed by atoms with Gasteiger partial charge < -0.3 is 9.88 Å². The van der Waals surface area contributed by atoms with Crippen LogP contribution in [0, 0.1) is 6.92 Å². The van der Waals surface area contributed by atoms with E-state index in [-0.39, 0.29) is 5.91 Å². The normalized spacial score (nSPS) is 11.0. The van der Waals surface area contributed by atoms with E-state index < -0.39 is 0 Å². The van der Waals surface area contributed by atoms with Crippen LogP contribution >= 0.6 is 0 Å². The third-order valence-corrected chi connectivity index (χ3v) is 4.59. The summed E-state index contributed by atoms with van der Waals surface area (Å²) >= 11 is 0. The molecule has 0 saturated heterocycles. The second kappa shape index (κ2) is 6.48. The van der Waals surface area contributed by atoms with Gasteiger partial charge in [-0.25, -0.2) is 9.67 Å². The zero-order valence-corrected chi connectivity index (χ0v) is 14.7. The Bertz CT molecular complexity index is 1080. The van der Waals surface area contributed by atoms with Gasteiger partial charge in [0.25, 0.3) is 5.91 Å². The minimum Gasteiger partial charge on any atom is -0.347 e. The zero-order chi connectivity index (χ0) is 18.1. The molecule has 130 valence electrons. The fourth-order valence-electron chi connectivity index (χ4n) is 3.32. The summed E-state index contributed by atoms with van der Waals surface area (Å²) in [6.45, 7) is 2.47. The summed E-state index contributed by atoms with van der Waals surface area (Å²) in [4.78, 5) is 16.7. The number of hydrogen-bond donors (Lipinski definition) is 1. The maximum absolute atomic E-state index is 12.8. The first-order valence-electron chi connectivity index (χ1n) is 8.41. The first kappa shape index (κ1) is 16.1. The lowest BCUT2D eigenvalue weighted by Crippen LogP contribution is -2.25. The lowest BCUT2D eigenvalue weighted by molar-refractivity contribution is 0.0943. The number of nitrogens with zero attached hydrogens (tertiary/aromatic N) is 4. The van der Waals surface area contributed by atoms with Crippen molar-refractivity contribution in [1.29, 1.82) is 0 Å². The Morgan fingerprint density at radius 2 is 2.00 bits per heavy atom. The van der Waals surface area contributed by atoms with Crippen molar-refractivity contribution in [3.05, 3.63) is 78.0 Å². The van der Waals surface area contributed by atoms with Crippen LogP contribution in [0.1, 0.15) is 21.6 Å². The summed E-state index contributed by atoms with van der Waals surface area (Å²) in [5.41, 5.74) is 4.76. The highest BCUT2D eigenvalue weighted by atomic mass is 16.1. The molecule has 2 heterocycles. The Morgan fingerprint density at radius 3 is 2.77 bits per heavy atom. The molecule has 26 heavy (non-hydrogen) atoms. The molecule has 1 N–H and O–H groups in total. The molecule has 0 unspecified atom stereocenters. The molecule has 0 saturated carbocycles. The van der Waals surface area contributed by atoms with E-state index in [4.69, 9.17) is 0 Å². The number of para-hydroxylation sites is 2. The minimum absolute atomic E-state index is 0.100. The van der Waals surface area contributed by atoms with Crippen LogP contribution in [0.4, 0.5) is 0 Å². The smallest absolute Gasteiger partial charge is 0.268 e. The van der Waals surface area contributed by atoms with Gasteiger partial charge in [0, 0.05) is 19.0 Å². The van der Waals surface area contributed by atoms with Gasteiger partial charge in [-0.3, -0.25) is 4.79 Å². The van der Waals surface area contributed by atoms with Gasteiger partial charge in [-0.15, -0.1) is 0 Å². The van der Waals surface area contributed by atoms with Crippen LogP contribution in [0.25, 0.3) is 16.6 Å². The van der Waals surface area contributed by atoms with E-state index in [1.807, 2.05) is 54.1 Å². The maximum atomic E-state index is 12.8. The molecule has 0 spiro atoms. The van der Waals surface area contributed by atoms with Crippen molar-refractivity contribution in [2.45, 2.75) is 13.5 Å². The van der Waals surface area contributed by atoms with Gasteiger partial charge in [-0.05, 0) is 30.2 Å². The number of carbonyl (C=O) groups is 1. The van der Waals surface area contributed by atoms with Crippen LogP contribution in [-0.2, 0) is 13.6 Å². The number of amides is 1. The molecule has 0 aliphatic heterocycles. The Balaban J connectivity index is 1.59. The van der Waals surface area contributed by atoms with E-state index in [9.17, 15) is 4.79 Å². The first-order chi connectivity index (χ1) is 12.6. The highest BCUT2D eigenvalue weighted by molar-refractivity contribution is 5.99. The number of rotatable bonds is 4. The van der Waals surface area contributed by atoms with E-state index >= 15 is 0 Å². The molecule has 4 rings (SSSR count). The third kappa shape index (κ3) is 2.75. The Morgan fingerprint density at radius 1 is 1.15 bits per heavy atom. The fourth-order valence-corrected chi connectivity index (χ4v) is 3.32. The quantitative estimate of drug-likeness (QED) is 0.618. The number of nitrogens with one attached hydrogen (secondary N) is 1. The van der Waals surface area contributed by atoms with E-state index in [1.54, 1.807) is 11.0 Å². The van der Waals surface area contributed by atoms with E-state index in [1.165, 1.54) is 6.33 Å². The van der Waals surface area contributed by atoms with Gasteiger partial charge >= 0.3 is 0 Å². The molecule has 2 aromatic carbocycles. The SMILES string of the molecule is Cc1cccc2cc(C(=O)NCc3ccccc3-n3cncn3)n(C)c12. The van der Waals surface area contributed by atoms with Crippen molar-refractivity contribution in [1.82, 2.24) is 24.6 Å². The molecule has 0 fully saturated rings. The van der Waals surface area contributed by atoms with E-state index in [0.29, 0.717) is 12.2 Å². The summed E-state index contributed by atoms with van der Waals surface area (Å²) < 4.78 is 3.64. The van der Waals surface area contributed by atoms with Crippen molar-refractivity contribution >= 4 is 16.8 Å². The van der Waals surface area contributed by atoms with E-state index in [2.05, 4.69) is 28.4 Å². The molecule has 2 aromatic heterocycles. The molecule has 4 aromatic rings. The van der Waals surface area contributed by atoms with Crippen molar-refractivity contribution in [3.8, 4) is 5.69 Å². The standard InChI is InChI=1S/C20H19N5O/c1-14-6-5-8-15-10-18(24(2)19(14)15)20(26)22-11-16-7-3-4-9-17(16)25-13-21-12-23-25/h3-10,12-13H,11H2,1-2H3,(H,22,26). The van der Waals surface area contributed by atoms with Gasteiger partial charge in [0.15, 0.2) is 0 Å². The Hall–Kier alpha value is -3.41. The lowest BCUT2D eigenvalue weighted by atomic mass is 10.1. The summed E-state index contributed by atoms with van der Waals surface area (Å²) in [6, 6.07) is 15.8. The highest BCUT2D eigenvalue weighted by Crippen LogP contribution is 2.22. The van der Waals surface area contributed by atoms with Crippen molar-refractivity contribution < 1.29 is 4.79 Å². The second-order valence-electron chi connectivity index (χ2n) is 6.25. The first-order valence-corrected chi connectivity index (χ1v) is 8.41. The lowest BCUT2D eigenvalue weighted by Gasteiger charge is -2.11. The molecule has 0 radical (unpaired) electrons. The average Bonchev–Trinajstić information content (AvgIpc) is 3.29. The monoisotopic (exact) mass is 345 g/mol. The summed E-state index contributed by atoms with van der Waals surface area (Å²) in [5.74, 6) is -0.100. The van der Waals surface area contributed by atoms with Crippen LogP contribution in [0.5, 0.6) is 0 Å². The molecule has 6 heteroatoms. The summed E-state index contributed by atoms with van der Waals surface area (Å²) in [5, 5.41) is 8.26. The van der Waals surface area contributed by atoms with Crippen molar-refractivity contribution in [2.75, 3.05) is 0 Å². The highest BCUT2D eigenvalue weighted by Gasteiger charge is 2.15. The van der Waals surface area contributed by atoms with Crippen LogP contribution in [0.2, 0.25) is 0 Å². The molecule has 0 aliphatic carbocycles. The van der Waals surface area contributed by atoms with Crippen molar-refractivity contribution in [2.24, 2.45) is 7.05 Å². The number of hydrogen-bond acceptors (Lipinski definition) is 3. The number of fused-ring (bicyclic) bond motifs is 1. The van der Waals surface area contributed by atoms with Gasteiger partial charge in [-0.1, -0.05) is 36.4 Å². The summed E-state index contributed by atoms with van der Waals surface area (Å²) in [7, 11) is 1.92. The van der Waals surface area contributed by atoms with E-state index in [0.717, 1.165) is 27.7 Å². The molecule has 0 bridgehead atoms. The molecular formula is C20H19N5O. The Kier molecular flexibility index (Phi) is 4.01. The molecular weight excluding hydrogens is 326 g/mol. The topological polar surface area (TPSA) is 64.7 Å². The maximum Gasteiger partial charge on any atom is 0.268 e. The van der Waals surface area contributed by atoms with Crippen LogP contribution in [-0.4, -0.2) is 25.2 Å². The second-order valence-corrected chi connectivity index (χ2v) is 6.25. The minimum atomic E-state index is -0.100. The zero-order valence-electron chi connectivity index (χ0n) is 14.7. The average molecular weight is 345 g/mol. The summed E-state index contributed by atoms with van der Waals surface area (Å²) in [6.07, 6.45) is 3.14. The third-order valence-electron chi connectivity index (χ3n) is 4.59. The Labute approximate surface area is 151 Å². The molecule has 6 nitrogen and oxygen atoms in total. The van der Waals surface area contributed by atoms with Crippen LogP contribution in [0.15, 0.2) is 61.2 Å². The van der Waals surface area contributed by atoms with Gasteiger partial charge in [0.2, 0.25) is 0 Å². The van der Waals surface area contributed by atoms with Gasteiger partial charge in [-0.2, -0.15) is 5.10 Å². The number of carbonyl (C=O) groups excluding carboxylic acids is 1. The predicted octanol–water partition coefficient (Wildman–Crippen LogP) is 3.00. The van der Waals surface area contributed by atoms with Gasteiger partial charge in [0.05, 0.1) is 11.2 Å². The van der Waals surface area contributed by atoms with Gasteiger partial charge in [0.1, 0.15) is 18.3 Å². The predicted molar refractivity (Wildman–Crippen MR) is 100 cm³/mol.